The smallest absolute Gasteiger partial charge is 0.317 e. The van der Waals surface area contributed by atoms with Crippen LogP contribution in [0.25, 0.3) is 0 Å². The van der Waals surface area contributed by atoms with E-state index in [9.17, 15) is 4.79 Å². The maximum atomic E-state index is 10.7. The third kappa shape index (κ3) is 7.66. The molecule has 0 fully saturated rings. The van der Waals surface area contributed by atoms with Gasteiger partial charge in [0.15, 0.2) is 0 Å². The average molecular weight is 266 g/mol. The van der Waals surface area contributed by atoms with Crippen LogP contribution in [-0.4, -0.2) is 12.6 Å². The zero-order valence-corrected chi connectivity index (χ0v) is 8.68. The quantitative estimate of drug-likeness (QED) is 0.337. The number of hydrogen-bond donors (Lipinski definition) is 0. The van der Waals surface area contributed by atoms with E-state index in [0.717, 1.165) is 12.8 Å². The summed E-state index contributed by atoms with van der Waals surface area (Å²) in [7, 11) is 0. The molecule has 3 heteroatoms. The molecule has 0 aromatic rings. The fraction of sp³-hybridized carbons (Fsp3) is 0.625. The van der Waals surface area contributed by atoms with Gasteiger partial charge in [0, 0.05) is 22.6 Å². The van der Waals surface area contributed by atoms with Crippen LogP contribution in [0, 0.1) is 9.85 Å². The first-order valence-corrected chi connectivity index (χ1v) is 4.63. The molecule has 0 bridgehead atoms. The summed E-state index contributed by atoms with van der Waals surface area (Å²) in [5.41, 5.74) is 0. The minimum absolute atomic E-state index is 0.215. The summed E-state index contributed by atoms with van der Waals surface area (Å²) < 4.78 is 7.45. The Morgan fingerprint density at radius 1 is 1.64 bits per heavy atom. The number of carbonyl (C=O) groups excluding carboxylic acids is 1. The van der Waals surface area contributed by atoms with Crippen molar-refractivity contribution in [2.45, 2.75) is 26.2 Å². The zero-order chi connectivity index (χ0) is 8.53. The molecule has 0 aliphatic carbocycles. The predicted octanol–water partition coefficient (Wildman–Crippen LogP) is 2.12. The first-order chi connectivity index (χ1) is 5.31. The van der Waals surface area contributed by atoms with E-state index in [1.165, 1.54) is 0 Å². The maximum absolute atomic E-state index is 10.7. The summed E-state index contributed by atoms with van der Waals surface area (Å²) in [5.74, 6) is 2.42. The highest BCUT2D eigenvalue weighted by atomic mass is 127. The predicted molar refractivity (Wildman–Crippen MR) is 52.3 cm³/mol. The van der Waals surface area contributed by atoms with E-state index >= 15 is 0 Å². The number of carbonyl (C=O) groups is 1. The van der Waals surface area contributed by atoms with Gasteiger partial charge in [-0.05, 0) is 10.3 Å². The molecule has 0 radical (unpaired) electrons. The molecule has 0 saturated carbocycles. The Kier molecular flexibility index (Phi) is 7.69. The topological polar surface area (TPSA) is 26.3 Å². The molecule has 0 spiro atoms. The minimum Gasteiger partial charge on any atom is -0.465 e. The van der Waals surface area contributed by atoms with Crippen LogP contribution in [-0.2, 0) is 9.53 Å². The molecule has 0 heterocycles. The largest absolute Gasteiger partial charge is 0.465 e. The summed E-state index contributed by atoms with van der Waals surface area (Å²) in [6.45, 7) is 2.58. The van der Waals surface area contributed by atoms with Crippen molar-refractivity contribution in [1.82, 2.24) is 0 Å². The van der Waals surface area contributed by atoms with Crippen molar-refractivity contribution in [1.29, 1.82) is 0 Å². The van der Waals surface area contributed by atoms with E-state index < -0.39 is 0 Å². The van der Waals surface area contributed by atoms with E-state index in [-0.39, 0.29) is 12.4 Å². The Hall–Kier alpha value is -0.240. The lowest BCUT2D eigenvalue weighted by Crippen LogP contribution is -2.03. The molecule has 0 aliphatic rings. The molecule has 0 aliphatic heterocycles. The Morgan fingerprint density at radius 3 is 2.91 bits per heavy atom. The summed E-state index contributed by atoms with van der Waals surface area (Å²) in [5, 5.41) is 0. The molecule has 2 nitrogen and oxygen atoms in total. The van der Waals surface area contributed by atoms with Gasteiger partial charge in [-0.25, -0.2) is 0 Å². The van der Waals surface area contributed by atoms with Crippen molar-refractivity contribution in [3.63, 3.8) is 0 Å². The number of unbranched alkanes of at least 4 members (excludes halogenated alkanes) is 1. The normalized spacial score (nSPS) is 8.18. The second kappa shape index (κ2) is 7.86. The van der Waals surface area contributed by atoms with E-state index in [4.69, 9.17) is 4.74 Å². The van der Waals surface area contributed by atoms with Gasteiger partial charge in [0.05, 0.1) is 6.61 Å². The van der Waals surface area contributed by atoms with Gasteiger partial charge in [-0.2, -0.15) is 0 Å². The maximum Gasteiger partial charge on any atom is 0.317 e. The first kappa shape index (κ1) is 10.8. The molecular formula is C8H11IO2. The number of ether oxygens (including phenoxy) is 1. The summed E-state index contributed by atoms with van der Waals surface area (Å²) in [6, 6.07) is 0. The van der Waals surface area contributed by atoms with E-state index in [1.54, 1.807) is 0 Å². The third-order valence-corrected chi connectivity index (χ3v) is 1.44. The van der Waals surface area contributed by atoms with Crippen LogP contribution in [0.4, 0.5) is 0 Å². The van der Waals surface area contributed by atoms with Crippen molar-refractivity contribution >= 4 is 28.6 Å². The Balaban J connectivity index is 3.27. The number of hydrogen-bond acceptors (Lipinski definition) is 2. The van der Waals surface area contributed by atoms with Crippen LogP contribution >= 0.6 is 22.6 Å². The fourth-order valence-corrected chi connectivity index (χ4v) is 0.678. The van der Waals surface area contributed by atoms with E-state index in [2.05, 4.69) is 16.8 Å². The summed E-state index contributed by atoms with van der Waals surface area (Å²) in [6.07, 6.45) is 2.20. The second-order valence-electron chi connectivity index (χ2n) is 2.02. The average Bonchev–Trinajstić information content (AvgIpc) is 2.01. The number of halogens is 1. The lowest BCUT2D eigenvalue weighted by Gasteiger charge is -1.99. The Bertz CT molecular complexity index is 167. The molecule has 0 aromatic carbocycles. The van der Waals surface area contributed by atoms with Crippen LogP contribution in [0.3, 0.4) is 0 Å². The monoisotopic (exact) mass is 266 g/mol. The molecule has 62 valence electrons. The van der Waals surface area contributed by atoms with Crippen molar-refractivity contribution in [3.05, 3.63) is 0 Å². The van der Waals surface area contributed by atoms with Gasteiger partial charge in [0.1, 0.15) is 6.42 Å². The highest BCUT2D eigenvalue weighted by Gasteiger charge is 1.97. The van der Waals surface area contributed by atoms with Gasteiger partial charge in [0.25, 0.3) is 0 Å². The van der Waals surface area contributed by atoms with Gasteiger partial charge in [-0.1, -0.05) is 19.3 Å². The summed E-state index contributed by atoms with van der Waals surface area (Å²) in [4.78, 5) is 10.7. The number of rotatable bonds is 4. The van der Waals surface area contributed by atoms with Crippen LogP contribution in [0.15, 0.2) is 0 Å². The molecule has 0 unspecified atom stereocenters. The SMILES string of the molecule is CCCCOC(=O)CC#CI. The minimum atomic E-state index is -0.220. The molecular weight excluding hydrogens is 255 g/mol. The van der Waals surface area contributed by atoms with Gasteiger partial charge in [-0.3, -0.25) is 4.79 Å². The second-order valence-corrected chi connectivity index (χ2v) is 2.56. The lowest BCUT2D eigenvalue weighted by molar-refractivity contribution is -0.142. The van der Waals surface area contributed by atoms with Crippen molar-refractivity contribution in [2.24, 2.45) is 0 Å². The number of esters is 1. The molecule has 0 amide bonds. The van der Waals surface area contributed by atoms with Crippen LogP contribution in [0.1, 0.15) is 26.2 Å². The lowest BCUT2D eigenvalue weighted by atomic mass is 10.4. The van der Waals surface area contributed by atoms with Crippen LogP contribution < -0.4 is 0 Å². The van der Waals surface area contributed by atoms with Crippen LogP contribution in [0.5, 0.6) is 0 Å². The van der Waals surface area contributed by atoms with Crippen molar-refractivity contribution < 1.29 is 9.53 Å². The standard InChI is InChI=1S/C8H11IO2/c1-2-3-7-11-8(10)5-4-6-9/h2-3,5,7H2,1H3. The molecule has 0 N–H and O–H groups in total. The zero-order valence-electron chi connectivity index (χ0n) is 6.52. The Morgan fingerprint density at radius 2 is 2.36 bits per heavy atom. The third-order valence-electron chi connectivity index (χ3n) is 1.06. The van der Waals surface area contributed by atoms with Crippen LogP contribution in [0.2, 0.25) is 0 Å². The molecule has 11 heavy (non-hydrogen) atoms. The molecule has 0 rings (SSSR count). The Labute approximate surface area is 80.8 Å². The highest BCUT2D eigenvalue weighted by molar-refractivity contribution is 14.1. The van der Waals surface area contributed by atoms with Crippen molar-refractivity contribution in [3.8, 4) is 9.85 Å². The van der Waals surface area contributed by atoms with Gasteiger partial charge < -0.3 is 4.74 Å². The highest BCUT2D eigenvalue weighted by Crippen LogP contribution is 1.91. The van der Waals surface area contributed by atoms with Gasteiger partial charge in [0.2, 0.25) is 0 Å². The van der Waals surface area contributed by atoms with Gasteiger partial charge >= 0.3 is 5.97 Å². The van der Waals surface area contributed by atoms with Crippen molar-refractivity contribution in [2.75, 3.05) is 6.61 Å². The fourth-order valence-electron chi connectivity index (χ4n) is 0.487. The first-order valence-electron chi connectivity index (χ1n) is 3.55. The molecule has 0 saturated heterocycles. The summed E-state index contributed by atoms with van der Waals surface area (Å²) >= 11 is 1.90. The van der Waals surface area contributed by atoms with E-state index in [1.807, 2.05) is 22.6 Å². The molecule has 0 atom stereocenters. The molecule has 0 aromatic heterocycles. The van der Waals surface area contributed by atoms with Gasteiger partial charge in [-0.15, -0.1) is 0 Å². The van der Waals surface area contributed by atoms with E-state index in [0.29, 0.717) is 6.61 Å².